The van der Waals surface area contributed by atoms with Gasteiger partial charge in [0, 0.05) is 44.8 Å². The first kappa shape index (κ1) is 25.5. The fourth-order valence-electron chi connectivity index (χ4n) is 3.64. The van der Waals surface area contributed by atoms with Gasteiger partial charge in [0.1, 0.15) is 23.9 Å². The lowest BCUT2D eigenvalue weighted by molar-refractivity contribution is -0.126. The molecule has 2 aromatic heterocycles. The molecule has 1 aliphatic rings. The summed E-state index contributed by atoms with van der Waals surface area (Å²) >= 11 is 0. The average molecular weight is 460 g/mol. The van der Waals surface area contributed by atoms with Gasteiger partial charge in [0.15, 0.2) is 0 Å². The number of hydrogen-bond acceptors (Lipinski definition) is 7. The molecule has 0 unspecified atom stereocenters. The second kappa shape index (κ2) is 13.6. The summed E-state index contributed by atoms with van der Waals surface area (Å²) in [6.45, 7) is 1.53. The molecule has 0 aromatic carbocycles. The van der Waals surface area contributed by atoms with E-state index >= 15 is 0 Å². The fraction of sp³-hybridized carbons (Fsp3) is 0.524. The summed E-state index contributed by atoms with van der Waals surface area (Å²) in [7, 11) is 1.65. The van der Waals surface area contributed by atoms with Gasteiger partial charge in [-0.15, -0.1) is 10.2 Å². The first-order chi connectivity index (χ1) is 16.0. The van der Waals surface area contributed by atoms with Crippen molar-refractivity contribution in [3.63, 3.8) is 0 Å². The first-order valence-corrected chi connectivity index (χ1v) is 10.6. The Bertz CT molecular complexity index is 941. The molecule has 0 radical (unpaired) electrons. The van der Waals surface area contributed by atoms with Crippen LogP contribution < -0.4 is 10.6 Å². The van der Waals surface area contributed by atoms with Crippen molar-refractivity contribution in [1.82, 2.24) is 30.4 Å². The Labute approximate surface area is 191 Å². The third-order valence-corrected chi connectivity index (χ3v) is 5.37. The van der Waals surface area contributed by atoms with Gasteiger partial charge in [0.25, 0.3) is 12.4 Å². The number of hydrogen-bond donors (Lipinski definition) is 4. The predicted molar refractivity (Wildman–Crippen MR) is 116 cm³/mol. The molecule has 1 saturated carbocycles. The summed E-state index contributed by atoms with van der Waals surface area (Å²) in [6.07, 6.45) is 6.75. The van der Waals surface area contributed by atoms with Crippen LogP contribution in [0.1, 0.15) is 47.6 Å². The van der Waals surface area contributed by atoms with Crippen molar-refractivity contribution < 1.29 is 24.2 Å². The van der Waals surface area contributed by atoms with Crippen LogP contribution in [0.2, 0.25) is 0 Å². The molecule has 4 N–H and O–H groups in total. The van der Waals surface area contributed by atoms with Crippen molar-refractivity contribution in [2.24, 2.45) is 5.92 Å². The summed E-state index contributed by atoms with van der Waals surface area (Å²) in [6, 6.07) is 3.56. The molecule has 12 heteroatoms. The molecule has 0 spiro atoms. The van der Waals surface area contributed by atoms with Crippen LogP contribution in [-0.2, 0) is 27.3 Å². The van der Waals surface area contributed by atoms with Crippen LogP contribution in [0.15, 0.2) is 18.6 Å². The molecule has 3 rings (SSSR count). The Kier molecular flexibility index (Phi) is 10.6. The van der Waals surface area contributed by atoms with Crippen LogP contribution in [0.25, 0.3) is 0 Å². The second-order valence-electron chi connectivity index (χ2n) is 7.52. The second-order valence-corrected chi connectivity index (χ2v) is 7.52. The van der Waals surface area contributed by atoms with E-state index in [9.17, 15) is 9.59 Å². The lowest BCUT2D eigenvalue weighted by Crippen LogP contribution is -2.41. The first-order valence-electron chi connectivity index (χ1n) is 10.6. The lowest BCUT2D eigenvalue weighted by atomic mass is 9.85. The van der Waals surface area contributed by atoms with Crippen LogP contribution in [-0.4, -0.2) is 69.4 Å². The van der Waals surface area contributed by atoms with E-state index in [1.807, 2.05) is 10.6 Å². The van der Waals surface area contributed by atoms with Gasteiger partial charge >= 0.3 is 0 Å². The predicted octanol–water partition coefficient (Wildman–Crippen LogP) is 0.473. The molecular formula is C21H29N7O5. The van der Waals surface area contributed by atoms with E-state index < -0.39 is 0 Å². The Morgan fingerprint density at radius 1 is 1.39 bits per heavy atom. The number of nitriles is 1. The highest BCUT2D eigenvalue weighted by molar-refractivity contribution is 5.93. The smallest absolute Gasteiger partial charge is 0.290 e. The minimum Gasteiger partial charge on any atom is -0.483 e. The number of aromatic amines is 1. The molecule has 0 bridgehead atoms. The van der Waals surface area contributed by atoms with Crippen molar-refractivity contribution in [1.29, 1.82) is 5.26 Å². The number of nitrogens with zero attached hydrogens (tertiary/aromatic N) is 4. The molecule has 2 aromatic rings. The Morgan fingerprint density at radius 3 is 2.76 bits per heavy atom. The van der Waals surface area contributed by atoms with Crippen LogP contribution in [0.4, 0.5) is 0 Å². The third-order valence-electron chi connectivity index (χ3n) is 5.37. The van der Waals surface area contributed by atoms with Crippen molar-refractivity contribution in [3.05, 3.63) is 35.7 Å². The Hall–Kier alpha value is -3.72. The number of carbonyl (C=O) groups excluding carboxylic acids is 2. The van der Waals surface area contributed by atoms with E-state index in [0.29, 0.717) is 37.4 Å². The lowest BCUT2D eigenvalue weighted by Gasteiger charge is -2.28. The van der Waals surface area contributed by atoms with Crippen LogP contribution in [0.3, 0.4) is 0 Å². The number of H-pyrrole nitrogens is 1. The van der Waals surface area contributed by atoms with Gasteiger partial charge in [-0.1, -0.05) is 0 Å². The minimum atomic E-state index is -0.250. The zero-order chi connectivity index (χ0) is 24.1. The van der Waals surface area contributed by atoms with E-state index in [1.165, 1.54) is 12.3 Å². The molecule has 2 heterocycles. The molecule has 2 amide bonds. The zero-order valence-electron chi connectivity index (χ0n) is 18.5. The Morgan fingerprint density at radius 2 is 2.12 bits per heavy atom. The maximum atomic E-state index is 12.5. The summed E-state index contributed by atoms with van der Waals surface area (Å²) < 4.78 is 6.99. The molecular weight excluding hydrogens is 430 g/mol. The fourth-order valence-corrected chi connectivity index (χ4v) is 3.64. The quantitative estimate of drug-likeness (QED) is 0.391. The highest BCUT2D eigenvalue weighted by Crippen LogP contribution is 2.24. The van der Waals surface area contributed by atoms with Crippen molar-refractivity contribution in [2.45, 2.75) is 44.7 Å². The maximum Gasteiger partial charge on any atom is 0.290 e. The van der Waals surface area contributed by atoms with Gasteiger partial charge in [-0.3, -0.25) is 14.4 Å². The molecule has 0 atom stereocenters. The highest BCUT2D eigenvalue weighted by Gasteiger charge is 2.27. The molecule has 1 fully saturated rings. The number of amides is 2. The SMILES string of the molecule is COCCn1cnnc1CCNC(=O)C1CCC(NC(=O)c2cc(C#N)c[nH]2)CC1.O=CO. The largest absolute Gasteiger partial charge is 0.483 e. The monoisotopic (exact) mass is 459 g/mol. The van der Waals surface area contributed by atoms with E-state index in [0.717, 1.165) is 31.5 Å². The molecule has 178 valence electrons. The van der Waals surface area contributed by atoms with Crippen molar-refractivity contribution >= 4 is 18.3 Å². The molecule has 12 nitrogen and oxygen atoms in total. The van der Waals surface area contributed by atoms with E-state index in [2.05, 4.69) is 25.8 Å². The third kappa shape index (κ3) is 8.04. The number of rotatable bonds is 9. The van der Waals surface area contributed by atoms with E-state index in [-0.39, 0.29) is 30.2 Å². The number of carbonyl (C=O) groups is 3. The van der Waals surface area contributed by atoms with Crippen molar-refractivity contribution in [3.8, 4) is 6.07 Å². The minimum absolute atomic E-state index is 0.0368. The zero-order valence-corrected chi connectivity index (χ0v) is 18.5. The topological polar surface area (TPSA) is 175 Å². The number of carboxylic acid groups (broad SMARTS) is 1. The van der Waals surface area contributed by atoms with Crippen LogP contribution in [0.5, 0.6) is 0 Å². The molecule has 0 saturated heterocycles. The summed E-state index contributed by atoms with van der Waals surface area (Å²) in [4.78, 5) is 35.9. The number of ether oxygens (including phenoxy) is 1. The standard InChI is InChI=1S/C20H27N7O3.CH2O2/c1-30-9-8-27-13-24-26-18(27)6-7-22-19(28)15-2-4-16(5-3-15)25-20(29)17-10-14(11-21)12-23-17;2-1-3/h10,12-13,15-16,23H,2-9H2,1H3,(H,22,28)(H,25,29);1H,(H,2,3). The highest BCUT2D eigenvalue weighted by atomic mass is 16.5. The molecule has 33 heavy (non-hydrogen) atoms. The van der Waals surface area contributed by atoms with Gasteiger partial charge in [0.2, 0.25) is 5.91 Å². The summed E-state index contributed by atoms with van der Waals surface area (Å²) in [5, 5.41) is 29.7. The van der Waals surface area contributed by atoms with Crippen LogP contribution in [0, 0.1) is 17.2 Å². The summed E-state index contributed by atoms with van der Waals surface area (Å²) in [5.41, 5.74) is 0.808. The normalized spacial score (nSPS) is 17.2. The van der Waals surface area contributed by atoms with Crippen molar-refractivity contribution in [2.75, 3.05) is 20.3 Å². The van der Waals surface area contributed by atoms with Gasteiger partial charge in [-0.2, -0.15) is 5.26 Å². The number of methoxy groups -OCH3 is 1. The van der Waals surface area contributed by atoms with E-state index in [4.69, 9.17) is 19.9 Å². The molecule has 0 aliphatic heterocycles. The van der Waals surface area contributed by atoms with E-state index in [1.54, 1.807) is 13.4 Å². The average Bonchev–Trinajstić information content (AvgIpc) is 3.48. The number of aromatic nitrogens is 4. The molecule has 1 aliphatic carbocycles. The number of nitrogens with one attached hydrogen (secondary N) is 3. The van der Waals surface area contributed by atoms with Crippen LogP contribution >= 0.6 is 0 Å². The van der Waals surface area contributed by atoms with Gasteiger partial charge < -0.3 is 30.0 Å². The van der Waals surface area contributed by atoms with Gasteiger partial charge in [-0.05, 0) is 31.7 Å². The summed E-state index contributed by atoms with van der Waals surface area (Å²) in [5.74, 6) is 0.607. The Balaban J connectivity index is 0.00000122. The van der Waals surface area contributed by atoms with Gasteiger partial charge in [0.05, 0.1) is 12.2 Å². The van der Waals surface area contributed by atoms with Gasteiger partial charge in [-0.25, -0.2) is 0 Å². The maximum absolute atomic E-state index is 12.5.